The van der Waals surface area contributed by atoms with E-state index in [0.29, 0.717) is 6.42 Å². The third kappa shape index (κ3) is 7.80. The molecule has 2 saturated heterocycles. The van der Waals surface area contributed by atoms with Crippen molar-refractivity contribution >= 4 is 11.8 Å². The number of cyclic esters (lactones) is 1. The van der Waals surface area contributed by atoms with Crippen LogP contribution in [0.5, 0.6) is 0 Å². The van der Waals surface area contributed by atoms with E-state index in [4.69, 9.17) is 14.2 Å². The highest BCUT2D eigenvalue weighted by Crippen LogP contribution is 2.36. The first-order chi connectivity index (χ1) is 18.3. The summed E-state index contributed by atoms with van der Waals surface area (Å²) in [5.74, 6) is -5.19. The van der Waals surface area contributed by atoms with E-state index in [0.717, 1.165) is 0 Å². The number of Topliss-reactive ketones (excluding diaryl/α,β-unsaturated/α-hetero) is 1. The van der Waals surface area contributed by atoms with E-state index < -0.39 is 90.2 Å². The number of hydrogen-bond acceptors (Lipinski definition) is 11. The maximum Gasteiger partial charge on any atom is 0.311 e. The average Bonchev–Trinajstić information content (AvgIpc) is 2.87. The van der Waals surface area contributed by atoms with Crippen molar-refractivity contribution in [2.45, 2.75) is 129 Å². The summed E-state index contributed by atoms with van der Waals surface area (Å²) in [6.45, 7) is 12.7. The van der Waals surface area contributed by atoms with Gasteiger partial charge in [0.2, 0.25) is 0 Å². The maximum absolute atomic E-state index is 13.5. The SMILES string of the molecule is CC1O[C@@H](O[C@H]2[C@H](C)[C@@H](O)[C@](C)(O)C[C@@H](C)C(=O)[C@H](C)[C@@H](O)[C@@H](C)[C@@H](C(C)O)OC(=O)[C@@H]2C)CC(N(C)C)[C@@H]1O. The molecular weight excluding hydrogens is 522 g/mol. The number of rotatable bonds is 4. The van der Waals surface area contributed by atoms with E-state index in [9.17, 15) is 35.1 Å². The van der Waals surface area contributed by atoms with Crippen LogP contribution in [0.15, 0.2) is 0 Å². The topological polar surface area (TPSA) is 166 Å². The number of aliphatic hydroxyl groups is 5. The van der Waals surface area contributed by atoms with Crippen molar-refractivity contribution in [3.8, 4) is 0 Å². The molecule has 15 atom stereocenters. The molecule has 0 aromatic rings. The Kier molecular flexibility index (Phi) is 12.1. The fraction of sp³-hybridized carbons (Fsp3) is 0.931. The molecule has 0 bridgehead atoms. The van der Waals surface area contributed by atoms with Crippen LogP contribution in [-0.2, 0) is 23.8 Å². The fourth-order valence-corrected chi connectivity index (χ4v) is 6.38. The molecule has 234 valence electrons. The molecule has 2 aliphatic heterocycles. The van der Waals surface area contributed by atoms with Gasteiger partial charge in [-0.15, -0.1) is 0 Å². The highest BCUT2D eigenvalue weighted by molar-refractivity contribution is 5.83. The molecule has 2 aliphatic rings. The van der Waals surface area contributed by atoms with Gasteiger partial charge in [-0.1, -0.05) is 27.7 Å². The summed E-state index contributed by atoms with van der Waals surface area (Å²) in [4.78, 5) is 28.6. The van der Waals surface area contributed by atoms with Gasteiger partial charge >= 0.3 is 5.97 Å². The summed E-state index contributed by atoms with van der Waals surface area (Å²) < 4.78 is 18.0. The lowest BCUT2D eigenvalue weighted by Crippen LogP contribution is -2.56. The molecule has 0 saturated carbocycles. The maximum atomic E-state index is 13.5. The predicted octanol–water partition coefficient (Wildman–Crippen LogP) is 0.716. The average molecular weight is 576 g/mol. The first kappa shape index (κ1) is 35.0. The molecule has 0 radical (unpaired) electrons. The molecule has 0 amide bonds. The van der Waals surface area contributed by atoms with Crippen LogP contribution in [0.3, 0.4) is 0 Å². The Balaban J connectivity index is 2.52. The molecule has 40 heavy (non-hydrogen) atoms. The minimum Gasteiger partial charge on any atom is -0.459 e. The van der Waals surface area contributed by atoms with Crippen LogP contribution in [0.25, 0.3) is 0 Å². The smallest absolute Gasteiger partial charge is 0.311 e. The lowest BCUT2D eigenvalue weighted by molar-refractivity contribution is -0.268. The van der Waals surface area contributed by atoms with Crippen molar-refractivity contribution in [1.29, 1.82) is 0 Å². The molecule has 2 rings (SSSR count). The molecule has 5 N–H and O–H groups in total. The Morgan fingerprint density at radius 1 is 0.975 bits per heavy atom. The van der Waals surface area contributed by atoms with Crippen LogP contribution in [0.1, 0.15) is 68.2 Å². The number of esters is 1. The number of ketones is 1. The Morgan fingerprint density at radius 3 is 2.08 bits per heavy atom. The summed E-state index contributed by atoms with van der Waals surface area (Å²) in [6, 6.07) is -0.284. The van der Waals surface area contributed by atoms with Crippen molar-refractivity contribution in [2.75, 3.05) is 14.1 Å². The third-order valence-corrected chi connectivity index (χ3v) is 9.12. The third-order valence-electron chi connectivity index (χ3n) is 9.12. The molecule has 2 fully saturated rings. The number of carbonyl (C=O) groups is 2. The fourth-order valence-electron chi connectivity index (χ4n) is 6.38. The molecule has 11 heteroatoms. The monoisotopic (exact) mass is 575 g/mol. The highest BCUT2D eigenvalue weighted by atomic mass is 16.7. The van der Waals surface area contributed by atoms with Crippen LogP contribution in [-0.4, -0.2) is 117 Å². The van der Waals surface area contributed by atoms with Crippen molar-refractivity contribution < 1.29 is 49.3 Å². The van der Waals surface area contributed by atoms with Gasteiger partial charge in [0.15, 0.2) is 6.29 Å². The van der Waals surface area contributed by atoms with Gasteiger partial charge in [0, 0.05) is 36.1 Å². The van der Waals surface area contributed by atoms with E-state index >= 15 is 0 Å². The molecule has 2 heterocycles. The number of ether oxygens (including phenoxy) is 3. The van der Waals surface area contributed by atoms with Crippen LogP contribution in [0.4, 0.5) is 0 Å². The molecule has 3 unspecified atom stereocenters. The Bertz CT molecular complexity index is 851. The van der Waals surface area contributed by atoms with Crippen LogP contribution >= 0.6 is 0 Å². The zero-order valence-corrected chi connectivity index (χ0v) is 25.7. The van der Waals surface area contributed by atoms with Gasteiger partial charge in [-0.3, -0.25) is 9.59 Å². The lowest BCUT2D eigenvalue weighted by Gasteiger charge is -2.45. The Morgan fingerprint density at radius 2 is 1.55 bits per heavy atom. The summed E-state index contributed by atoms with van der Waals surface area (Å²) in [7, 11) is 3.67. The second kappa shape index (κ2) is 13.9. The second-order valence-electron chi connectivity index (χ2n) is 12.9. The number of nitrogens with zero attached hydrogens (tertiary/aromatic N) is 1. The van der Waals surface area contributed by atoms with E-state index in [2.05, 4.69) is 0 Å². The van der Waals surface area contributed by atoms with Crippen molar-refractivity contribution in [3.05, 3.63) is 0 Å². The second-order valence-corrected chi connectivity index (χ2v) is 12.9. The highest BCUT2D eigenvalue weighted by Gasteiger charge is 2.48. The van der Waals surface area contributed by atoms with E-state index in [-0.39, 0.29) is 18.2 Å². The first-order valence-electron chi connectivity index (χ1n) is 14.5. The lowest BCUT2D eigenvalue weighted by atomic mass is 9.75. The zero-order valence-electron chi connectivity index (χ0n) is 25.7. The standard InChI is InChI=1S/C29H53NO10/c1-13-12-29(8,37)27(35)16(4)25(39-21-11-20(30(9)10)24(34)19(7)38-21)17(5)28(36)40-26(18(6)31)15(3)23(33)14(2)22(13)32/h13-21,23-27,31,33-35,37H,11-12H2,1-10H3/t13-,14+,15-,16+,17-,18?,19?,20?,21+,23-,24-,25+,26+,27-,29-/m1/s1. The quantitative estimate of drug-likeness (QED) is 0.300. The van der Waals surface area contributed by atoms with E-state index in [1.165, 1.54) is 13.8 Å². The number of carbonyl (C=O) groups excluding carboxylic acids is 2. The number of aliphatic hydroxyl groups excluding tert-OH is 4. The van der Waals surface area contributed by atoms with Gasteiger partial charge in [-0.05, 0) is 48.2 Å². The Labute approximate surface area is 238 Å². The summed E-state index contributed by atoms with van der Waals surface area (Å²) in [5.41, 5.74) is -1.73. The predicted molar refractivity (Wildman–Crippen MR) is 147 cm³/mol. The van der Waals surface area contributed by atoms with Crippen molar-refractivity contribution in [3.63, 3.8) is 0 Å². The van der Waals surface area contributed by atoms with E-state index in [1.54, 1.807) is 41.5 Å². The van der Waals surface area contributed by atoms with Crippen molar-refractivity contribution in [1.82, 2.24) is 4.90 Å². The summed E-state index contributed by atoms with van der Waals surface area (Å²) >= 11 is 0. The van der Waals surface area contributed by atoms with Gasteiger partial charge in [0.05, 0.1) is 48.1 Å². The van der Waals surface area contributed by atoms with Crippen molar-refractivity contribution in [2.24, 2.45) is 29.6 Å². The van der Waals surface area contributed by atoms with Gasteiger partial charge < -0.3 is 44.6 Å². The molecule has 0 aliphatic carbocycles. The van der Waals surface area contributed by atoms with Gasteiger partial charge in [-0.2, -0.15) is 0 Å². The Hall–Kier alpha value is -1.18. The van der Waals surface area contributed by atoms with Gasteiger partial charge in [0.25, 0.3) is 0 Å². The van der Waals surface area contributed by atoms with Crippen LogP contribution in [0, 0.1) is 29.6 Å². The molecule has 0 aromatic carbocycles. The minimum absolute atomic E-state index is 0.0833. The van der Waals surface area contributed by atoms with Gasteiger partial charge in [0.1, 0.15) is 11.9 Å². The number of likely N-dealkylation sites (N-methyl/N-ethyl adjacent to an activating group) is 1. The molecule has 11 nitrogen and oxygen atoms in total. The van der Waals surface area contributed by atoms with E-state index in [1.807, 2.05) is 19.0 Å². The van der Waals surface area contributed by atoms with Crippen LogP contribution in [0.2, 0.25) is 0 Å². The first-order valence-corrected chi connectivity index (χ1v) is 14.5. The summed E-state index contributed by atoms with van der Waals surface area (Å²) in [5, 5.41) is 54.8. The summed E-state index contributed by atoms with van der Waals surface area (Å²) in [6.07, 6.45) is -7.84. The van der Waals surface area contributed by atoms with Gasteiger partial charge in [-0.25, -0.2) is 0 Å². The largest absolute Gasteiger partial charge is 0.459 e. The normalized spacial score (nSPS) is 47.5. The number of hydrogen-bond donors (Lipinski definition) is 5. The molecular formula is C29H53NO10. The minimum atomic E-state index is -1.73. The molecule has 0 aromatic heterocycles. The van der Waals surface area contributed by atoms with Crippen LogP contribution < -0.4 is 0 Å². The molecule has 0 spiro atoms. The zero-order chi connectivity index (χ0) is 30.9.